The predicted molar refractivity (Wildman–Crippen MR) is 125 cm³/mol. The molecule has 0 spiro atoms. The van der Waals surface area contributed by atoms with Crippen LogP contribution in [0.25, 0.3) is 0 Å². The van der Waals surface area contributed by atoms with E-state index in [4.69, 9.17) is 14.8 Å². The Hall–Kier alpha value is -3.78. The monoisotopic (exact) mass is 418 g/mol. The number of hydrogen-bond donors (Lipinski definition) is 1. The number of aromatic hydroxyl groups is 1. The first-order valence-corrected chi connectivity index (χ1v) is 10.0. The normalized spacial score (nSPS) is 12.0. The van der Waals surface area contributed by atoms with Gasteiger partial charge in [-0.25, -0.2) is 0 Å². The summed E-state index contributed by atoms with van der Waals surface area (Å²) in [7, 11) is 0. The fourth-order valence-corrected chi connectivity index (χ4v) is 2.44. The number of oxime groups is 1. The molecule has 31 heavy (non-hydrogen) atoms. The molecule has 0 saturated carbocycles. The van der Waals surface area contributed by atoms with Crippen molar-refractivity contribution in [2.24, 2.45) is 5.16 Å². The average molecular weight is 419 g/mol. The number of phenolic OH excluding ortho intramolecular Hbond substituents is 1. The number of allylic oxidation sites excluding steroid dienone is 4. The Morgan fingerprint density at radius 3 is 2.39 bits per heavy atom. The van der Waals surface area contributed by atoms with Gasteiger partial charge in [0.05, 0.1) is 6.07 Å². The maximum Gasteiger partial charge on any atom is 0.257 e. The summed E-state index contributed by atoms with van der Waals surface area (Å²) in [5.41, 5.74) is 3.01. The Bertz CT molecular complexity index is 892. The summed E-state index contributed by atoms with van der Waals surface area (Å²) in [5.74, 6) is 0.599. The third-order valence-electron chi connectivity index (χ3n) is 3.83. The zero-order valence-electron chi connectivity index (χ0n) is 18.2. The Labute approximate surface area is 185 Å². The molecule has 0 amide bonds. The molecule has 1 N–H and O–H groups in total. The van der Waals surface area contributed by atoms with Crippen LogP contribution in [0.3, 0.4) is 0 Å². The van der Waals surface area contributed by atoms with Crippen molar-refractivity contribution in [1.82, 2.24) is 0 Å². The fraction of sp³-hybridized carbons (Fsp3) is 0.231. The van der Waals surface area contributed by atoms with Crippen molar-refractivity contribution in [2.75, 3.05) is 6.61 Å². The minimum Gasteiger partial charge on any atom is -0.508 e. The molecule has 2 aromatic carbocycles. The number of rotatable bonds is 6. The Morgan fingerprint density at radius 2 is 1.81 bits per heavy atom. The highest BCUT2D eigenvalue weighted by atomic mass is 16.6. The van der Waals surface area contributed by atoms with Crippen molar-refractivity contribution in [3.8, 4) is 11.8 Å². The zero-order valence-corrected chi connectivity index (χ0v) is 18.2. The molecule has 0 saturated heterocycles. The molecule has 0 unspecified atom stereocenters. The van der Waals surface area contributed by atoms with Crippen molar-refractivity contribution in [3.63, 3.8) is 0 Å². The molecular formula is C26H30N2O3. The van der Waals surface area contributed by atoms with Gasteiger partial charge >= 0.3 is 0 Å². The number of nitriles is 1. The highest BCUT2D eigenvalue weighted by Crippen LogP contribution is 2.15. The summed E-state index contributed by atoms with van der Waals surface area (Å²) < 4.78 is 5.85. The molecule has 0 radical (unpaired) electrons. The molecule has 162 valence electrons. The van der Waals surface area contributed by atoms with Crippen LogP contribution in [0.1, 0.15) is 37.8 Å². The summed E-state index contributed by atoms with van der Waals surface area (Å²) in [4.78, 5) is 5.51. The van der Waals surface area contributed by atoms with Crippen molar-refractivity contribution >= 4 is 5.90 Å². The summed E-state index contributed by atoms with van der Waals surface area (Å²) in [6.07, 6.45) is 10.0. The number of phenols is 1. The largest absolute Gasteiger partial charge is 0.508 e. The molecule has 2 aromatic rings. The second kappa shape index (κ2) is 16.1. The van der Waals surface area contributed by atoms with E-state index in [0.29, 0.717) is 19.1 Å². The van der Waals surface area contributed by atoms with E-state index in [0.717, 1.165) is 24.0 Å². The van der Waals surface area contributed by atoms with Gasteiger partial charge in [-0.3, -0.25) is 0 Å². The third-order valence-corrected chi connectivity index (χ3v) is 3.83. The minimum absolute atomic E-state index is 0.200. The summed E-state index contributed by atoms with van der Waals surface area (Å²) in [6.45, 7) is 7.52. The van der Waals surface area contributed by atoms with Gasteiger partial charge in [-0.1, -0.05) is 54.6 Å². The maximum absolute atomic E-state index is 9.47. The lowest BCUT2D eigenvalue weighted by atomic mass is 10.1. The van der Waals surface area contributed by atoms with Crippen LogP contribution in [0, 0.1) is 11.3 Å². The number of hydrogen-bond acceptors (Lipinski definition) is 5. The fourth-order valence-electron chi connectivity index (χ4n) is 2.44. The van der Waals surface area contributed by atoms with Crippen LogP contribution < -0.4 is 0 Å². The Morgan fingerprint density at radius 1 is 1.16 bits per heavy atom. The van der Waals surface area contributed by atoms with Crippen LogP contribution in [-0.2, 0) is 16.2 Å². The van der Waals surface area contributed by atoms with Gasteiger partial charge in [0.25, 0.3) is 5.90 Å². The van der Waals surface area contributed by atoms with Gasteiger partial charge in [0.1, 0.15) is 19.0 Å². The Kier molecular flexibility index (Phi) is 13.1. The number of ether oxygens (including phenoxy) is 1. The van der Waals surface area contributed by atoms with Gasteiger partial charge in [0.2, 0.25) is 0 Å². The second-order valence-electron chi connectivity index (χ2n) is 6.41. The third kappa shape index (κ3) is 11.1. The van der Waals surface area contributed by atoms with Gasteiger partial charge in [-0.2, -0.15) is 5.26 Å². The van der Waals surface area contributed by atoms with Gasteiger partial charge in [0, 0.05) is 12.5 Å². The average Bonchev–Trinajstić information content (AvgIpc) is 2.79. The van der Waals surface area contributed by atoms with E-state index in [2.05, 4.69) is 23.9 Å². The highest BCUT2D eigenvalue weighted by molar-refractivity contribution is 5.93. The van der Waals surface area contributed by atoms with Crippen LogP contribution in [0.15, 0.2) is 96.2 Å². The van der Waals surface area contributed by atoms with Crippen molar-refractivity contribution in [1.29, 1.82) is 5.26 Å². The molecular weight excluding hydrogens is 388 g/mol. The molecule has 5 heteroatoms. The molecule has 0 aliphatic heterocycles. The lowest BCUT2D eigenvalue weighted by Gasteiger charge is -2.11. The van der Waals surface area contributed by atoms with Crippen molar-refractivity contribution in [3.05, 3.63) is 102 Å². The van der Waals surface area contributed by atoms with Gasteiger partial charge < -0.3 is 14.7 Å². The molecule has 1 aliphatic carbocycles. The van der Waals surface area contributed by atoms with Gasteiger partial charge in [-0.05, 0) is 60.3 Å². The smallest absolute Gasteiger partial charge is 0.257 e. The summed E-state index contributed by atoms with van der Waals surface area (Å²) >= 11 is 0. The second-order valence-corrected chi connectivity index (χ2v) is 6.41. The van der Waals surface area contributed by atoms with Crippen LogP contribution in [0.5, 0.6) is 5.75 Å². The number of nitrogens with zero attached hydrogens (tertiary/aromatic N) is 2. The Balaban J connectivity index is 0.000000720. The van der Waals surface area contributed by atoms with Crippen LogP contribution in [0.2, 0.25) is 0 Å². The predicted octanol–water partition coefficient (Wildman–Crippen LogP) is 6.29. The molecule has 3 rings (SSSR count). The lowest BCUT2D eigenvalue weighted by Crippen LogP contribution is -2.09. The molecule has 5 nitrogen and oxygen atoms in total. The zero-order chi connectivity index (χ0) is 22.7. The van der Waals surface area contributed by atoms with E-state index in [9.17, 15) is 5.11 Å². The molecule has 0 fully saturated rings. The molecule has 1 aliphatic rings. The number of benzene rings is 2. The van der Waals surface area contributed by atoms with Gasteiger partial charge in [0.15, 0.2) is 0 Å². The van der Waals surface area contributed by atoms with E-state index in [-0.39, 0.29) is 5.75 Å². The van der Waals surface area contributed by atoms with Crippen LogP contribution >= 0.6 is 0 Å². The molecule has 0 bridgehead atoms. The first-order valence-electron chi connectivity index (χ1n) is 10.0. The van der Waals surface area contributed by atoms with Gasteiger partial charge in [-0.15, -0.1) is 6.58 Å². The van der Waals surface area contributed by atoms with Crippen LogP contribution in [-0.4, -0.2) is 17.6 Å². The molecule has 0 atom stereocenters. The van der Waals surface area contributed by atoms with Crippen molar-refractivity contribution in [2.45, 2.75) is 33.3 Å². The quantitative estimate of drug-likeness (QED) is 0.259. The van der Waals surface area contributed by atoms with E-state index < -0.39 is 0 Å². The first-order chi connectivity index (χ1) is 15.1. The van der Waals surface area contributed by atoms with E-state index in [1.54, 1.807) is 36.4 Å². The lowest BCUT2D eigenvalue weighted by molar-refractivity contribution is 0.150. The first kappa shape index (κ1) is 25.3. The minimum atomic E-state index is 0.200. The summed E-state index contributed by atoms with van der Waals surface area (Å²) in [6, 6.07) is 18.4. The van der Waals surface area contributed by atoms with E-state index >= 15 is 0 Å². The van der Waals surface area contributed by atoms with E-state index in [1.807, 2.05) is 43.3 Å². The topological polar surface area (TPSA) is 74.8 Å². The highest BCUT2D eigenvalue weighted by Gasteiger charge is 2.08. The SMILES string of the molecule is C=CC.CC#N.Oc1ccc(/C(=N/OCC2=CC=CCC2)OCc2ccccc2)cc1. The molecule has 0 aromatic heterocycles. The maximum atomic E-state index is 9.47. The summed E-state index contributed by atoms with van der Waals surface area (Å²) in [5, 5.41) is 21.0. The van der Waals surface area contributed by atoms with Crippen LogP contribution in [0.4, 0.5) is 0 Å². The molecule has 0 heterocycles. The standard InChI is InChI=1S/C21H21NO3.C3H6.C2H3N/c23-20-13-11-19(12-14-20)21(24-15-17-7-3-1-4-8-17)22-25-16-18-9-5-2-6-10-18;1-3-2;1-2-3/h1-5,7-9,11-14,23H,6,10,15-16H2;3H,1H2,2H3;1H3/b22-21-;;. The van der Waals surface area contributed by atoms with E-state index in [1.165, 1.54) is 12.5 Å². The van der Waals surface area contributed by atoms with Crippen molar-refractivity contribution < 1.29 is 14.7 Å².